The normalized spacial score (nSPS) is 13.8. The number of nitrogens with one attached hydrogen (secondary N) is 1. The van der Waals surface area contributed by atoms with E-state index in [0.29, 0.717) is 37.0 Å². The van der Waals surface area contributed by atoms with E-state index in [9.17, 15) is 4.79 Å². The van der Waals surface area contributed by atoms with Gasteiger partial charge in [0, 0.05) is 18.4 Å². The molecule has 0 atom stereocenters. The van der Waals surface area contributed by atoms with Crippen LogP contribution in [0.2, 0.25) is 0 Å². The molecule has 0 aliphatic heterocycles. The summed E-state index contributed by atoms with van der Waals surface area (Å²) in [7, 11) is 0. The van der Waals surface area contributed by atoms with Crippen molar-refractivity contribution in [3.05, 3.63) is 65.7 Å². The Bertz CT molecular complexity index is 1370. The number of tetrazole rings is 1. The molecule has 36 heavy (non-hydrogen) atoms. The lowest BCUT2D eigenvalue weighted by Crippen LogP contribution is -2.13. The second kappa shape index (κ2) is 11.1. The summed E-state index contributed by atoms with van der Waals surface area (Å²) in [6, 6.07) is 16.2. The molecule has 8 nitrogen and oxygen atoms in total. The molecule has 1 fully saturated rings. The molecule has 182 valence electrons. The topological polar surface area (TPSA) is 102 Å². The van der Waals surface area contributed by atoms with Crippen LogP contribution in [-0.2, 0) is 6.54 Å². The summed E-state index contributed by atoms with van der Waals surface area (Å²) in [6.45, 7) is 2.48. The highest BCUT2D eigenvalue weighted by Gasteiger charge is 2.22. The van der Waals surface area contributed by atoms with Crippen LogP contribution in [0.25, 0.3) is 22.5 Å². The number of H-pyrrole nitrogens is 1. The Labute approximate surface area is 210 Å². The van der Waals surface area contributed by atoms with Crippen molar-refractivity contribution in [1.82, 2.24) is 35.4 Å². The monoisotopic (exact) mass is 479 g/mol. The third kappa shape index (κ3) is 5.41. The van der Waals surface area contributed by atoms with Gasteiger partial charge in [-0.1, -0.05) is 93.5 Å². The average molecular weight is 480 g/mol. The number of benzene rings is 2. The summed E-state index contributed by atoms with van der Waals surface area (Å²) >= 11 is 0. The van der Waals surface area contributed by atoms with E-state index < -0.39 is 0 Å². The number of aromatic nitrogens is 7. The lowest BCUT2D eigenvalue weighted by Gasteiger charge is -2.19. The quantitative estimate of drug-likeness (QED) is 0.293. The molecule has 1 aliphatic rings. The lowest BCUT2D eigenvalue weighted by atomic mass is 9.86. The Balaban J connectivity index is 1.36. The Morgan fingerprint density at radius 3 is 2.56 bits per heavy atom. The van der Waals surface area contributed by atoms with Crippen molar-refractivity contribution in [1.29, 1.82) is 0 Å². The van der Waals surface area contributed by atoms with Gasteiger partial charge in [0.1, 0.15) is 0 Å². The van der Waals surface area contributed by atoms with E-state index in [1.165, 1.54) is 19.3 Å². The Morgan fingerprint density at radius 2 is 1.83 bits per heavy atom. The molecule has 0 bridgehead atoms. The van der Waals surface area contributed by atoms with Crippen molar-refractivity contribution in [3.8, 4) is 34.4 Å². The van der Waals surface area contributed by atoms with Crippen molar-refractivity contribution in [2.45, 2.75) is 58.4 Å². The van der Waals surface area contributed by atoms with Crippen LogP contribution in [0.4, 0.5) is 0 Å². The maximum atomic E-state index is 12.9. The fraction of sp³-hybridized carbons (Fsp3) is 0.357. The van der Waals surface area contributed by atoms with Gasteiger partial charge in [-0.3, -0.25) is 4.79 Å². The molecule has 5 rings (SSSR count). The van der Waals surface area contributed by atoms with Gasteiger partial charge < -0.3 is 0 Å². The van der Waals surface area contributed by atoms with Crippen molar-refractivity contribution < 1.29 is 4.79 Å². The molecule has 0 amide bonds. The molecule has 4 aromatic rings. The van der Waals surface area contributed by atoms with Crippen molar-refractivity contribution >= 4 is 5.78 Å². The van der Waals surface area contributed by atoms with E-state index >= 15 is 0 Å². The van der Waals surface area contributed by atoms with Crippen LogP contribution in [-0.4, -0.2) is 41.2 Å². The number of rotatable bonds is 7. The van der Waals surface area contributed by atoms with Gasteiger partial charge in [-0.15, -0.1) is 15.3 Å². The van der Waals surface area contributed by atoms with Crippen LogP contribution in [0.15, 0.2) is 48.5 Å². The molecule has 1 N–H and O–H groups in total. The minimum Gasteiger partial charge on any atom is -0.291 e. The van der Waals surface area contributed by atoms with E-state index in [-0.39, 0.29) is 11.6 Å². The molecule has 1 aliphatic carbocycles. The highest BCUT2D eigenvalue weighted by Crippen LogP contribution is 2.30. The molecule has 0 spiro atoms. The number of hydrogen-bond donors (Lipinski definition) is 1. The molecule has 2 aromatic carbocycles. The molecule has 1 saturated carbocycles. The third-order valence-corrected chi connectivity index (χ3v) is 6.61. The predicted octanol–water partition coefficient (Wildman–Crippen LogP) is 5.09. The van der Waals surface area contributed by atoms with E-state index in [1.54, 1.807) is 4.68 Å². The van der Waals surface area contributed by atoms with Crippen LogP contribution in [0.3, 0.4) is 0 Å². The minimum absolute atomic E-state index is 0.0219. The number of nitrogens with zero attached hydrogens (tertiary/aromatic N) is 6. The fourth-order valence-electron chi connectivity index (χ4n) is 4.74. The summed E-state index contributed by atoms with van der Waals surface area (Å²) in [5, 5.41) is 19.0. The van der Waals surface area contributed by atoms with Crippen LogP contribution >= 0.6 is 0 Å². The van der Waals surface area contributed by atoms with Gasteiger partial charge in [0.15, 0.2) is 0 Å². The standard InChI is InChI=1S/C28H29N7O/c1-2-3-13-26-29-28(25(36)18-20-9-5-4-6-10-20)32-35(26)19-21-14-16-22(17-15-21)23-11-7-8-12-24(23)27-30-33-34-31-27/h7-8,11-12,14-17,20H,2,4-6,9-10,18-19H2,1H3,(H,30,31,33,34). The molecule has 2 heterocycles. The maximum Gasteiger partial charge on any atom is 0.218 e. The smallest absolute Gasteiger partial charge is 0.218 e. The van der Waals surface area contributed by atoms with Gasteiger partial charge in [-0.25, -0.2) is 4.68 Å². The highest BCUT2D eigenvalue weighted by atomic mass is 16.1. The number of carbonyl (C=O) groups excluding carboxylic acids is 1. The Hall–Kier alpha value is -4.12. The molecular weight excluding hydrogens is 450 g/mol. The zero-order chi connectivity index (χ0) is 24.7. The second-order valence-electron chi connectivity index (χ2n) is 9.18. The predicted molar refractivity (Wildman–Crippen MR) is 137 cm³/mol. The number of carbonyl (C=O) groups is 1. The first-order chi connectivity index (χ1) is 17.7. The highest BCUT2D eigenvalue weighted by molar-refractivity contribution is 5.92. The molecule has 0 unspecified atom stereocenters. The number of aromatic amines is 1. The summed E-state index contributed by atoms with van der Waals surface area (Å²) in [5.74, 6) is 8.01. The first kappa shape index (κ1) is 23.6. The maximum absolute atomic E-state index is 12.9. The van der Waals surface area contributed by atoms with Gasteiger partial charge in [0.05, 0.1) is 6.54 Å². The number of hydrogen-bond acceptors (Lipinski definition) is 6. The second-order valence-corrected chi connectivity index (χ2v) is 9.18. The van der Waals surface area contributed by atoms with Crippen LogP contribution < -0.4 is 0 Å². The summed E-state index contributed by atoms with van der Waals surface area (Å²) in [4.78, 5) is 17.5. The van der Waals surface area contributed by atoms with Crippen LogP contribution in [0.1, 0.15) is 73.9 Å². The zero-order valence-electron chi connectivity index (χ0n) is 20.4. The molecular formula is C28H29N7O. The van der Waals surface area contributed by atoms with E-state index in [1.807, 2.05) is 31.2 Å². The van der Waals surface area contributed by atoms with Crippen LogP contribution in [0, 0.1) is 17.8 Å². The molecule has 0 radical (unpaired) electrons. The van der Waals surface area contributed by atoms with Gasteiger partial charge in [-0.05, 0) is 33.7 Å². The average Bonchev–Trinajstić information content (AvgIpc) is 3.59. The minimum atomic E-state index is 0.0219. The van der Waals surface area contributed by atoms with Gasteiger partial charge >= 0.3 is 0 Å². The third-order valence-electron chi connectivity index (χ3n) is 6.61. The largest absolute Gasteiger partial charge is 0.291 e. The molecule has 8 heteroatoms. The number of ketones is 1. The van der Waals surface area contributed by atoms with E-state index in [0.717, 1.165) is 35.1 Å². The first-order valence-corrected chi connectivity index (χ1v) is 12.6. The van der Waals surface area contributed by atoms with Crippen LogP contribution in [0.5, 0.6) is 0 Å². The number of Topliss-reactive ketones (excluding diaryl/α,β-unsaturated/α-hetero) is 1. The Morgan fingerprint density at radius 1 is 1.06 bits per heavy atom. The summed E-state index contributed by atoms with van der Waals surface area (Å²) < 4.78 is 1.75. The van der Waals surface area contributed by atoms with Gasteiger partial charge in [-0.2, -0.15) is 10.2 Å². The van der Waals surface area contributed by atoms with Crippen molar-refractivity contribution in [2.24, 2.45) is 5.92 Å². The zero-order valence-corrected chi connectivity index (χ0v) is 20.4. The van der Waals surface area contributed by atoms with Crippen molar-refractivity contribution in [2.75, 3.05) is 0 Å². The summed E-state index contributed by atoms with van der Waals surface area (Å²) in [5.41, 5.74) is 4.03. The van der Waals surface area contributed by atoms with Crippen molar-refractivity contribution in [3.63, 3.8) is 0 Å². The molecule has 2 aromatic heterocycles. The lowest BCUT2D eigenvalue weighted by molar-refractivity contribution is 0.0939. The van der Waals surface area contributed by atoms with Gasteiger partial charge in [0.25, 0.3) is 0 Å². The fourth-order valence-corrected chi connectivity index (χ4v) is 4.74. The van der Waals surface area contributed by atoms with E-state index in [2.05, 4.69) is 66.8 Å². The first-order valence-electron chi connectivity index (χ1n) is 12.6. The van der Waals surface area contributed by atoms with E-state index in [4.69, 9.17) is 0 Å². The Kier molecular flexibility index (Phi) is 7.27. The summed E-state index contributed by atoms with van der Waals surface area (Å²) in [6.07, 6.45) is 7.18. The molecule has 0 saturated heterocycles. The van der Waals surface area contributed by atoms with Gasteiger partial charge in [0.2, 0.25) is 23.3 Å². The SMILES string of the molecule is CCC#Cc1nc(C(=O)CC2CCCCC2)nn1Cc1ccc(-c2ccccc2-c2nn[nH]n2)cc1.